The summed E-state index contributed by atoms with van der Waals surface area (Å²) >= 11 is 0. The predicted molar refractivity (Wildman–Crippen MR) is 122 cm³/mol. The number of aryl methyl sites for hydroxylation is 5. The molecule has 0 atom stereocenters. The number of hydrogen-bond donors (Lipinski definition) is 1. The summed E-state index contributed by atoms with van der Waals surface area (Å²) in [5, 5.41) is 0. The molecule has 0 saturated heterocycles. The second-order valence-electron chi connectivity index (χ2n) is 8.17. The van der Waals surface area contributed by atoms with E-state index in [4.69, 9.17) is 5.73 Å². The van der Waals surface area contributed by atoms with Gasteiger partial charge >= 0.3 is 0 Å². The summed E-state index contributed by atoms with van der Waals surface area (Å²) in [6, 6.07) is 17.8. The van der Waals surface area contributed by atoms with Crippen LogP contribution in [-0.4, -0.2) is 0 Å². The van der Waals surface area contributed by atoms with E-state index < -0.39 is 0 Å². The van der Waals surface area contributed by atoms with Crippen LogP contribution in [0.25, 0.3) is 12.2 Å². The summed E-state index contributed by atoms with van der Waals surface area (Å²) in [7, 11) is 0. The third-order valence-corrected chi connectivity index (χ3v) is 6.16. The molecule has 1 aliphatic rings. The van der Waals surface area contributed by atoms with Gasteiger partial charge in [-0.25, -0.2) is 0 Å². The van der Waals surface area contributed by atoms with Gasteiger partial charge in [-0.05, 0) is 103 Å². The lowest BCUT2D eigenvalue weighted by atomic mass is 9.86. The van der Waals surface area contributed by atoms with Crippen molar-refractivity contribution in [2.24, 2.45) is 0 Å². The Kier molecular flexibility index (Phi) is 5.09. The maximum Gasteiger partial charge on any atom is 0.0319 e. The molecule has 1 nitrogen and oxygen atoms in total. The molecule has 0 aromatic heterocycles. The van der Waals surface area contributed by atoms with E-state index in [2.05, 4.69) is 81.5 Å². The Morgan fingerprint density at radius 2 is 1.04 bits per heavy atom. The number of fused-ring (bicyclic) bond motifs is 4. The Morgan fingerprint density at radius 3 is 1.54 bits per heavy atom. The molecule has 28 heavy (non-hydrogen) atoms. The normalized spacial score (nSPS) is 13.7. The Bertz CT molecular complexity index is 988. The SMILES string of the molecule is Cc1ccc(/C=C/c2cc3c(C)c(c2)CCc2cc(N)cc(c2C)CC3)cc1. The van der Waals surface area contributed by atoms with Gasteiger partial charge < -0.3 is 5.73 Å². The smallest absolute Gasteiger partial charge is 0.0319 e. The number of rotatable bonds is 2. The highest BCUT2D eigenvalue weighted by Crippen LogP contribution is 2.27. The van der Waals surface area contributed by atoms with Gasteiger partial charge in [-0.2, -0.15) is 0 Å². The minimum absolute atomic E-state index is 0.901. The van der Waals surface area contributed by atoms with Crippen molar-refractivity contribution < 1.29 is 0 Å². The summed E-state index contributed by atoms with van der Waals surface area (Å²) in [5.41, 5.74) is 19.5. The first kappa shape index (κ1) is 18.6. The van der Waals surface area contributed by atoms with Crippen molar-refractivity contribution in [3.63, 3.8) is 0 Å². The zero-order chi connectivity index (χ0) is 19.7. The van der Waals surface area contributed by atoms with Gasteiger partial charge in [-0.3, -0.25) is 0 Å². The minimum Gasteiger partial charge on any atom is -0.399 e. The van der Waals surface area contributed by atoms with E-state index in [0.717, 1.165) is 31.4 Å². The molecule has 4 rings (SSSR count). The first-order valence-corrected chi connectivity index (χ1v) is 10.2. The molecule has 1 aliphatic carbocycles. The van der Waals surface area contributed by atoms with Crippen LogP contribution in [0.15, 0.2) is 48.5 Å². The lowest BCUT2D eigenvalue weighted by Gasteiger charge is -2.19. The van der Waals surface area contributed by atoms with Crippen molar-refractivity contribution in [1.82, 2.24) is 0 Å². The lowest BCUT2D eigenvalue weighted by molar-refractivity contribution is 0.875. The molecule has 0 unspecified atom stereocenters. The van der Waals surface area contributed by atoms with Crippen molar-refractivity contribution >= 4 is 17.8 Å². The van der Waals surface area contributed by atoms with Crippen LogP contribution in [0.2, 0.25) is 0 Å². The largest absolute Gasteiger partial charge is 0.399 e. The van der Waals surface area contributed by atoms with Crippen molar-refractivity contribution in [1.29, 1.82) is 0 Å². The van der Waals surface area contributed by atoms with E-state index in [1.165, 1.54) is 50.1 Å². The number of nitrogen functional groups attached to an aromatic ring is 1. The fourth-order valence-corrected chi connectivity index (χ4v) is 4.28. The van der Waals surface area contributed by atoms with Crippen LogP contribution in [-0.2, 0) is 25.7 Å². The Morgan fingerprint density at radius 1 is 0.607 bits per heavy atom. The van der Waals surface area contributed by atoms with Gasteiger partial charge in [0.15, 0.2) is 0 Å². The molecular weight excluding hydrogens is 338 g/mol. The number of nitrogens with two attached hydrogens (primary N) is 1. The molecular formula is C27H29N. The van der Waals surface area contributed by atoms with E-state index in [0.29, 0.717) is 0 Å². The van der Waals surface area contributed by atoms with Crippen LogP contribution < -0.4 is 5.73 Å². The topological polar surface area (TPSA) is 26.0 Å². The molecule has 3 aromatic carbocycles. The maximum absolute atomic E-state index is 6.17. The van der Waals surface area contributed by atoms with E-state index in [1.54, 1.807) is 0 Å². The van der Waals surface area contributed by atoms with Crippen molar-refractivity contribution in [2.75, 3.05) is 5.73 Å². The van der Waals surface area contributed by atoms with Gasteiger partial charge in [0.05, 0.1) is 0 Å². The first-order valence-electron chi connectivity index (χ1n) is 10.2. The molecule has 4 bridgehead atoms. The average Bonchev–Trinajstić information content (AvgIpc) is 2.68. The van der Waals surface area contributed by atoms with Crippen LogP contribution in [0.1, 0.15) is 50.1 Å². The van der Waals surface area contributed by atoms with Crippen LogP contribution in [0.5, 0.6) is 0 Å². The van der Waals surface area contributed by atoms with E-state index in [1.807, 2.05) is 0 Å². The van der Waals surface area contributed by atoms with Gasteiger partial charge in [-0.15, -0.1) is 0 Å². The van der Waals surface area contributed by atoms with E-state index in [-0.39, 0.29) is 0 Å². The average molecular weight is 368 g/mol. The summed E-state index contributed by atoms with van der Waals surface area (Å²) in [5.74, 6) is 0. The van der Waals surface area contributed by atoms with Crippen molar-refractivity contribution in [2.45, 2.75) is 46.5 Å². The Balaban J connectivity index is 1.68. The first-order chi connectivity index (χ1) is 13.5. The van der Waals surface area contributed by atoms with Crippen molar-refractivity contribution in [3.8, 4) is 0 Å². The van der Waals surface area contributed by atoms with Gasteiger partial charge in [0.25, 0.3) is 0 Å². The predicted octanol–water partition coefficient (Wildman–Crippen LogP) is 6.25. The maximum atomic E-state index is 6.17. The lowest BCUT2D eigenvalue weighted by Crippen LogP contribution is -2.07. The highest BCUT2D eigenvalue weighted by Gasteiger charge is 2.13. The molecule has 142 valence electrons. The molecule has 1 heteroatoms. The highest BCUT2D eigenvalue weighted by atomic mass is 14.5. The standard InChI is InChI=1S/C27H29N/c1-18-4-6-21(7-5-18)8-9-22-14-23-10-12-25-16-27(28)17-26(20(25)3)13-11-24(15-22)19(23)2/h4-9,14-17H,10-13,28H2,1-3H3/b9-8+. The van der Waals surface area contributed by atoms with Crippen molar-refractivity contribution in [3.05, 3.63) is 98.6 Å². The summed E-state index contributed by atoms with van der Waals surface area (Å²) in [4.78, 5) is 0. The van der Waals surface area contributed by atoms with Gasteiger partial charge in [0, 0.05) is 5.69 Å². The van der Waals surface area contributed by atoms with Gasteiger partial charge in [-0.1, -0.05) is 54.1 Å². The second-order valence-corrected chi connectivity index (χ2v) is 8.17. The number of benzene rings is 3. The quantitative estimate of drug-likeness (QED) is 0.420. The molecule has 2 N–H and O–H groups in total. The van der Waals surface area contributed by atoms with Gasteiger partial charge in [0.1, 0.15) is 0 Å². The zero-order valence-electron chi connectivity index (χ0n) is 17.2. The highest BCUT2D eigenvalue weighted by molar-refractivity contribution is 5.71. The van der Waals surface area contributed by atoms with Crippen LogP contribution in [0, 0.1) is 20.8 Å². The second kappa shape index (κ2) is 7.67. The molecule has 3 aromatic rings. The Labute approximate surface area is 168 Å². The minimum atomic E-state index is 0.901. The molecule has 0 radical (unpaired) electrons. The third-order valence-electron chi connectivity index (χ3n) is 6.16. The molecule has 0 fully saturated rings. The molecule has 0 amide bonds. The van der Waals surface area contributed by atoms with Gasteiger partial charge in [0.2, 0.25) is 0 Å². The third kappa shape index (κ3) is 3.89. The molecule has 0 heterocycles. The molecule has 0 aliphatic heterocycles. The van der Waals surface area contributed by atoms with Crippen LogP contribution in [0.3, 0.4) is 0 Å². The summed E-state index contributed by atoms with van der Waals surface area (Å²) < 4.78 is 0. The summed E-state index contributed by atoms with van der Waals surface area (Å²) in [6.45, 7) is 6.67. The molecule has 0 saturated carbocycles. The zero-order valence-corrected chi connectivity index (χ0v) is 17.2. The molecule has 0 spiro atoms. The monoisotopic (exact) mass is 367 g/mol. The Hall–Kier alpha value is -2.80. The number of hydrogen-bond acceptors (Lipinski definition) is 1. The fraction of sp³-hybridized carbons (Fsp3) is 0.259. The van der Waals surface area contributed by atoms with E-state index >= 15 is 0 Å². The van der Waals surface area contributed by atoms with E-state index in [9.17, 15) is 0 Å². The van der Waals surface area contributed by atoms with Crippen LogP contribution in [0.4, 0.5) is 5.69 Å². The summed E-state index contributed by atoms with van der Waals surface area (Å²) in [6.07, 6.45) is 8.70. The fourth-order valence-electron chi connectivity index (χ4n) is 4.28. The number of anilines is 1. The van der Waals surface area contributed by atoms with Crippen LogP contribution >= 0.6 is 0 Å².